The lowest BCUT2D eigenvalue weighted by Gasteiger charge is -2.14. The van der Waals surface area contributed by atoms with Gasteiger partial charge >= 0.3 is 0 Å². The zero-order valence-corrected chi connectivity index (χ0v) is 19.0. The number of aromatic nitrogens is 4. The van der Waals surface area contributed by atoms with Crippen LogP contribution in [0.1, 0.15) is 11.3 Å². The van der Waals surface area contributed by atoms with Crippen molar-refractivity contribution in [1.29, 1.82) is 0 Å². The summed E-state index contributed by atoms with van der Waals surface area (Å²) in [5.41, 5.74) is 0.479. The zero-order chi connectivity index (χ0) is 24.5. The van der Waals surface area contributed by atoms with Crippen LogP contribution >= 0.6 is 0 Å². The number of anilines is 1. The number of nitrogens with zero attached hydrogens (tertiary/aromatic N) is 4. The molecule has 0 aliphatic carbocycles. The number of hydrogen-bond donors (Lipinski definition) is 1. The van der Waals surface area contributed by atoms with Crippen molar-refractivity contribution in [2.24, 2.45) is 0 Å². The molecule has 4 rings (SSSR count). The molecular formula is C20H19F2N5O6S. The summed E-state index contributed by atoms with van der Waals surface area (Å²) >= 11 is 0. The van der Waals surface area contributed by atoms with Gasteiger partial charge in [-0.05, 0) is 19.1 Å². The first kappa shape index (κ1) is 23.2. The molecule has 0 spiro atoms. The van der Waals surface area contributed by atoms with E-state index in [0.29, 0.717) is 5.69 Å². The second kappa shape index (κ2) is 9.13. The van der Waals surface area contributed by atoms with Crippen molar-refractivity contribution in [1.82, 2.24) is 19.9 Å². The number of fused-ring (bicyclic) bond motifs is 1. The van der Waals surface area contributed by atoms with Crippen LogP contribution in [0.4, 0.5) is 14.6 Å². The number of pyridine rings is 1. The van der Waals surface area contributed by atoms with Crippen LogP contribution in [0.2, 0.25) is 0 Å². The third kappa shape index (κ3) is 4.19. The number of halogens is 2. The molecule has 0 aliphatic rings. The van der Waals surface area contributed by atoms with Gasteiger partial charge in [-0.2, -0.15) is 5.10 Å². The molecule has 14 heteroatoms. The number of ether oxygens (including phenoxy) is 3. The largest absolute Gasteiger partial charge is 0.495 e. The molecule has 0 atom stereocenters. The summed E-state index contributed by atoms with van der Waals surface area (Å²) in [6.45, 7) is 0.241. The SMILES string of the molecule is COc1cc(C)nc(OC)c1S(=O)(=O)Nc1noc2cc(Cn3cccn3)c(F)c(OCF)c12. The molecule has 0 amide bonds. The highest BCUT2D eigenvalue weighted by Crippen LogP contribution is 2.39. The van der Waals surface area contributed by atoms with Gasteiger partial charge in [-0.3, -0.25) is 9.40 Å². The molecule has 3 aromatic heterocycles. The van der Waals surface area contributed by atoms with Crippen molar-refractivity contribution in [3.8, 4) is 17.4 Å². The molecule has 34 heavy (non-hydrogen) atoms. The van der Waals surface area contributed by atoms with E-state index < -0.39 is 39.2 Å². The van der Waals surface area contributed by atoms with Crippen LogP contribution in [0.15, 0.2) is 40.0 Å². The highest BCUT2D eigenvalue weighted by atomic mass is 32.2. The lowest BCUT2D eigenvalue weighted by Crippen LogP contribution is -2.17. The van der Waals surface area contributed by atoms with Gasteiger partial charge in [0.05, 0.1) is 20.8 Å². The number of aryl methyl sites for hydroxylation is 1. The summed E-state index contributed by atoms with van der Waals surface area (Å²) < 4.78 is 78.9. The quantitative estimate of drug-likeness (QED) is 0.372. The number of benzene rings is 1. The lowest BCUT2D eigenvalue weighted by atomic mass is 10.1. The van der Waals surface area contributed by atoms with Crippen molar-refractivity contribution in [2.45, 2.75) is 18.4 Å². The first-order valence-electron chi connectivity index (χ1n) is 9.68. The Kier molecular flexibility index (Phi) is 6.24. The first-order valence-corrected chi connectivity index (χ1v) is 11.2. The Morgan fingerprint density at radius 2 is 2.03 bits per heavy atom. The third-order valence-corrected chi connectivity index (χ3v) is 6.15. The van der Waals surface area contributed by atoms with E-state index in [1.807, 2.05) is 0 Å². The standard InChI is InChI=1S/C20H19F2N5O6S/c1-11-7-14(30-2)18(20(24-11)31-3)34(28,29)26-19-15-13(33-25-19)8-12(9-27-6-4-5-23-27)16(22)17(15)32-10-21/h4-8H,9-10H2,1-3H3,(H,25,26). The Hall–Kier alpha value is -3.94. The minimum Gasteiger partial charge on any atom is -0.495 e. The van der Waals surface area contributed by atoms with Gasteiger partial charge in [0.15, 0.2) is 27.9 Å². The molecule has 3 heterocycles. The van der Waals surface area contributed by atoms with Crippen LogP contribution < -0.4 is 18.9 Å². The molecule has 11 nitrogen and oxygen atoms in total. The highest BCUT2D eigenvalue weighted by molar-refractivity contribution is 7.93. The fraction of sp³-hybridized carbons (Fsp3) is 0.250. The van der Waals surface area contributed by atoms with Crippen molar-refractivity contribution >= 4 is 26.8 Å². The second-order valence-corrected chi connectivity index (χ2v) is 8.57. The fourth-order valence-electron chi connectivity index (χ4n) is 3.36. The van der Waals surface area contributed by atoms with Gasteiger partial charge in [0, 0.05) is 29.7 Å². The van der Waals surface area contributed by atoms with Gasteiger partial charge in [0.2, 0.25) is 12.7 Å². The normalized spacial score (nSPS) is 11.6. The molecule has 1 N–H and O–H groups in total. The Morgan fingerprint density at radius 1 is 1.24 bits per heavy atom. The Morgan fingerprint density at radius 3 is 2.68 bits per heavy atom. The van der Waals surface area contributed by atoms with E-state index in [1.165, 1.54) is 37.2 Å². The molecule has 0 fully saturated rings. The molecule has 0 unspecified atom stereocenters. The van der Waals surface area contributed by atoms with Gasteiger partial charge in [0.25, 0.3) is 10.0 Å². The lowest BCUT2D eigenvalue weighted by molar-refractivity contribution is 0.186. The molecule has 1 aromatic carbocycles. The predicted molar refractivity (Wildman–Crippen MR) is 115 cm³/mol. The van der Waals surface area contributed by atoms with E-state index in [2.05, 4.69) is 20.0 Å². The van der Waals surface area contributed by atoms with Crippen molar-refractivity contribution in [3.05, 3.63) is 47.7 Å². The Balaban J connectivity index is 1.83. The number of sulfonamides is 1. The minimum atomic E-state index is -4.44. The number of rotatable bonds is 9. The molecule has 0 radical (unpaired) electrons. The van der Waals surface area contributed by atoms with E-state index in [4.69, 9.17) is 18.7 Å². The second-order valence-electron chi connectivity index (χ2n) is 6.95. The molecular weight excluding hydrogens is 476 g/mol. The average Bonchev–Trinajstić information content (AvgIpc) is 3.45. The van der Waals surface area contributed by atoms with E-state index >= 15 is 4.39 Å². The van der Waals surface area contributed by atoms with Crippen molar-refractivity contribution in [2.75, 3.05) is 25.8 Å². The number of alkyl halides is 1. The third-order valence-electron chi connectivity index (χ3n) is 4.77. The summed E-state index contributed by atoms with van der Waals surface area (Å²) in [5.74, 6) is -2.19. The number of methoxy groups -OCH3 is 2. The average molecular weight is 495 g/mol. The summed E-state index contributed by atoms with van der Waals surface area (Å²) in [7, 11) is -1.92. The predicted octanol–water partition coefficient (Wildman–Crippen LogP) is 3.04. The monoisotopic (exact) mass is 495 g/mol. The Labute approximate surface area is 192 Å². The summed E-state index contributed by atoms with van der Waals surface area (Å²) in [5, 5.41) is 7.49. The van der Waals surface area contributed by atoms with Crippen LogP contribution in [0, 0.1) is 12.7 Å². The number of hydrogen-bond acceptors (Lipinski definition) is 9. The zero-order valence-electron chi connectivity index (χ0n) is 18.2. The molecule has 180 valence electrons. The molecule has 0 saturated heterocycles. The van der Waals surface area contributed by atoms with Crippen LogP contribution in [-0.4, -0.2) is 49.4 Å². The molecule has 0 bridgehead atoms. The van der Waals surface area contributed by atoms with Gasteiger partial charge in [-0.1, -0.05) is 5.16 Å². The summed E-state index contributed by atoms with van der Waals surface area (Å²) in [6.07, 6.45) is 3.12. The van der Waals surface area contributed by atoms with Gasteiger partial charge in [-0.25, -0.2) is 22.2 Å². The van der Waals surface area contributed by atoms with Crippen molar-refractivity contribution in [3.63, 3.8) is 0 Å². The van der Waals surface area contributed by atoms with Gasteiger partial charge < -0.3 is 18.7 Å². The highest BCUT2D eigenvalue weighted by Gasteiger charge is 2.30. The van der Waals surface area contributed by atoms with Crippen molar-refractivity contribution < 1.29 is 35.9 Å². The van der Waals surface area contributed by atoms with Crippen LogP contribution in [0.5, 0.6) is 17.4 Å². The van der Waals surface area contributed by atoms with Crippen LogP contribution in [0.3, 0.4) is 0 Å². The topological polar surface area (TPSA) is 131 Å². The van der Waals surface area contributed by atoms with E-state index in [-0.39, 0.29) is 34.7 Å². The smallest absolute Gasteiger partial charge is 0.272 e. The fourth-order valence-corrected chi connectivity index (χ4v) is 4.62. The summed E-state index contributed by atoms with van der Waals surface area (Å²) in [6, 6.07) is 4.35. The van der Waals surface area contributed by atoms with Gasteiger partial charge in [0.1, 0.15) is 11.1 Å². The van der Waals surface area contributed by atoms with Gasteiger partial charge in [-0.15, -0.1) is 0 Å². The maximum Gasteiger partial charge on any atom is 0.272 e. The summed E-state index contributed by atoms with van der Waals surface area (Å²) in [4.78, 5) is 3.64. The van der Waals surface area contributed by atoms with Crippen LogP contribution in [0.25, 0.3) is 11.0 Å². The number of nitrogens with one attached hydrogen (secondary N) is 1. The van der Waals surface area contributed by atoms with Crippen LogP contribution in [-0.2, 0) is 16.6 Å². The molecule has 0 saturated carbocycles. The maximum atomic E-state index is 15.2. The Bertz CT molecular complexity index is 1410. The van der Waals surface area contributed by atoms with E-state index in [9.17, 15) is 12.8 Å². The van der Waals surface area contributed by atoms with E-state index in [0.717, 1.165) is 0 Å². The first-order chi connectivity index (χ1) is 16.3. The van der Waals surface area contributed by atoms with E-state index in [1.54, 1.807) is 19.2 Å². The maximum absolute atomic E-state index is 15.2. The molecule has 0 aliphatic heterocycles. The molecule has 4 aromatic rings. The minimum absolute atomic E-state index is 0.0113.